The highest BCUT2D eigenvalue weighted by Gasteiger charge is 2.10. The Hall–Kier alpha value is -2.08. The number of phenolic OH excluding ortho intramolecular Hbond substituents is 2. The normalized spacial score (nSPS) is 10.6. The fraction of sp³-hybridized carbons (Fsp3) is 0.273. The maximum Gasteiger partial charge on any atom is 0.228 e. The molecule has 0 aliphatic heterocycles. The van der Waals surface area contributed by atoms with Gasteiger partial charge in [0.25, 0.3) is 0 Å². The van der Waals surface area contributed by atoms with Crippen molar-refractivity contribution < 1.29 is 14.7 Å². The van der Waals surface area contributed by atoms with Gasteiger partial charge < -0.3 is 20.1 Å². The number of aromatic hydroxyl groups is 2. The second-order valence-corrected chi connectivity index (χ2v) is 3.57. The van der Waals surface area contributed by atoms with Gasteiger partial charge in [0.05, 0.1) is 0 Å². The van der Waals surface area contributed by atoms with Gasteiger partial charge in [-0.15, -0.1) is 0 Å². The van der Waals surface area contributed by atoms with Gasteiger partial charge >= 0.3 is 0 Å². The van der Waals surface area contributed by atoms with E-state index in [9.17, 15) is 10.2 Å². The first kappa shape index (κ1) is 11.4. The highest BCUT2D eigenvalue weighted by atomic mass is 16.5. The number of nitrogens with one attached hydrogen (secondary N) is 1. The molecule has 2 aromatic rings. The van der Waals surface area contributed by atoms with Crippen LogP contribution in [0.5, 0.6) is 11.5 Å². The van der Waals surface area contributed by atoms with Crippen LogP contribution in [0.3, 0.4) is 0 Å². The molecule has 0 unspecified atom stereocenters. The smallest absolute Gasteiger partial charge is 0.228 e. The molecule has 17 heavy (non-hydrogen) atoms. The van der Waals surface area contributed by atoms with Gasteiger partial charge in [-0.2, -0.15) is 4.98 Å². The minimum atomic E-state index is -0.205. The molecule has 0 saturated heterocycles. The minimum absolute atomic E-state index is 0.173. The molecule has 2 rings (SSSR count). The molecular formula is C11H13N3O3. The fourth-order valence-electron chi connectivity index (χ4n) is 1.37. The van der Waals surface area contributed by atoms with Crippen LogP contribution in [0.15, 0.2) is 22.7 Å². The lowest BCUT2D eigenvalue weighted by Gasteiger charge is -1.98. The number of likely N-dealkylation sites (N-methyl/N-ethyl adjacent to an activating group) is 1. The molecule has 0 atom stereocenters. The molecule has 0 fully saturated rings. The summed E-state index contributed by atoms with van der Waals surface area (Å²) in [5.41, 5.74) is 0.597. The van der Waals surface area contributed by atoms with E-state index in [0.29, 0.717) is 23.7 Å². The van der Waals surface area contributed by atoms with Crippen LogP contribution in [0.1, 0.15) is 5.89 Å². The van der Waals surface area contributed by atoms with Crippen LogP contribution in [-0.4, -0.2) is 33.9 Å². The van der Waals surface area contributed by atoms with E-state index in [1.165, 1.54) is 12.1 Å². The molecule has 1 heterocycles. The maximum absolute atomic E-state index is 9.36. The monoisotopic (exact) mass is 235 g/mol. The fourth-order valence-corrected chi connectivity index (χ4v) is 1.37. The van der Waals surface area contributed by atoms with Crippen molar-refractivity contribution in [3.8, 4) is 22.9 Å². The van der Waals surface area contributed by atoms with E-state index in [2.05, 4.69) is 15.5 Å². The van der Waals surface area contributed by atoms with Gasteiger partial charge in [-0.3, -0.25) is 0 Å². The minimum Gasteiger partial charge on any atom is -0.504 e. The first-order valence-electron chi connectivity index (χ1n) is 5.20. The number of nitrogens with zero attached hydrogens (tertiary/aromatic N) is 2. The van der Waals surface area contributed by atoms with Crippen molar-refractivity contribution in [2.24, 2.45) is 0 Å². The molecule has 0 amide bonds. The number of benzene rings is 1. The third-order valence-corrected chi connectivity index (χ3v) is 2.29. The SMILES string of the molecule is CNCCc1nc(-c2ccc(O)c(O)c2)no1. The standard InChI is InChI=1S/C11H13N3O3/c1-12-5-4-10-13-11(14-17-10)7-2-3-8(15)9(16)6-7/h2-3,6,12,15-16H,4-5H2,1H3. The van der Waals surface area contributed by atoms with E-state index >= 15 is 0 Å². The summed E-state index contributed by atoms with van der Waals surface area (Å²) < 4.78 is 5.05. The van der Waals surface area contributed by atoms with E-state index < -0.39 is 0 Å². The Balaban J connectivity index is 2.21. The molecule has 1 aromatic carbocycles. The van der Waals surface area contributed by atoms with E-state index in [4.69, 9.17) is 4.52 Å². The predicted octanol–water partition coefficient (Wildman–Crippen LogP) is 0.910. The molecule has 0 spiro atoms. The predicted molar refractivity (Wildman–Crippen MR) is 60.7 cm³/mol. The molecule has 6 nitrogen and oxygen atoms in total. The van der Waals surface area contributed by atoms with E-state index in [0.717, 1.165) is 6.54 Å². The molecule has 1 aromatic heterocycles. The van der Waals surface area contributed by atoms with Crippen LogP contribution in [0.25, 0.3) is 11.4 Å². The molecule has 0 aliphatic carbocycles. The van der Waals surface area contributed by atoms with E-state index in [-0.39, 0.29) is 11.5 Å². The summed E-state index contributed by atoms with van der Waals surface area (Å²) in [6.07, 6.45) is 0.646. The molecule has 0 bridgehead atoms. The highest BCUT2D eigenvalue weighted by Crippen LogP contribution is 2.29. The molecule has 0 saturated carbocycles. The lowest BCUT2D eigenvalue weighted by atomic mass is 10.2. The first-order valence-corrected chi connectivity index (χ1v) is 5.20. The van der Waals surface area contributed by atoms with E-state index in [1.807, 2.05) is 7.05 Å². The Morgan fingerprint density at radius 2 is 2.12 bits per heavy atom. The summed E-state index contributed by atoms with van der Waals surface area (Å²) in [7, 11) is 1.84. The van der Waals surface area contributed by atoms with Crippen LogP contribution < -0.4 is 5.32 Å². The van der Waals surface area contributed by atoms with Crippen molar-refractivity contribution in [2.45, 2.75) is 6.42 Å². The third kappa shape index (κ3) is 2.54. The third-order valence-electron chi connectivity index (χ3n) is 2.29. The lowest BCUT2D eigenvalue weighted by Crippen LogP contribution is -2.10. The largest absolute Gasteiger partial charge is 0.504 e. The topological polar surface area (TPSA) is 91.4 Å². The van der Waals surface area contributed by atoms with Crippen LogP contribution >= 0.6 is 0 Å². The molecular weight excluding hydrogens is 222 g/mol. The summed E-state index contributed by atoms with van der Waals surface area (Å²) >= 11 is 0. The molecule has 6 heteroatoms. The van der Waals surface area contributed by atoms with Gasteiger partial charge in [0.1, 0.15) is 0 Å². The molecule has 3 N–H and O–H groups in total. The summed E-state index contributed by atoms with van der Waals surface area (Å²) in [6.45, 7) is 0.752. The van der Waals surface area contributed by atoms with Crippen LogP contribution in [0.2, 0.25) is 0 Å². The Bertz CT molecular complexity index is 510. The van der Waals surface area contributed by atoms with Gasteiger partial charge in [0.15, 0.2) is 11.5 Å². The Morgan fingerprint density at radius 1 is 1.29 bits per heavy atom. The first-order chi connectivity index (χ1) is 8.20. The zero-order chi connectivity index (χ0) is 12.3. The maximum atomic E-state index is 9.36. The zero-order valence-electron chi connectivity index (χ0n) is 9.34. The van der Waals surface area contributed by atoms with Crippen molar-refractivity contribution >= 4 is 0 Å². The van der Waals surface area contributed by atoms with Crippen molar-refractivity contribution in [2.75, 3.05) is 13.6 Å². The lowest BCUT2D eigenvalue weighted by molar-refractivity contribution is 0.377. The average Bonchev–Trinajstić information content (AvgIpc) is 2.79. The second kappa shape index (κ2) is 4.84. The quantitative estimate of drug-likeness (QED) is 0.682. The number of phenols is 2. The zero-order valence-corrected chi connectivity index (χ0v) is 9.34. The molecule has 0 aliphatic rings. The van der Waals surface area contributed by atoms with Gasteiger partial charge in [0.2, 0.25) is 11.7 Å². The van der Waals surface area contributed by atoms with Gasteiger partial charge in [-0.25, -0.2) is 0 Å². The summed E-state index contributed by atoms with van der Waals surface area (Å²) in [5, 5.41) is 25.3. The molecule has 90 valence electrons. The number of aromatic nitrogens is 2. The number of hydrogen-bond acceptors (Lipinski definition) is 6. The van der Waals surface area contributed by atoms with E-state index in [1.54, 1.807) is 6.07 Å². The molecule has 0 radical (unpaired) electrons. The van der Waals surface area contributed by atoms with Crippen molar-refractivity contribution in [3.05, 3.63) is 24.1 Å². The number of hydrogen-bond donors (Lipinski definition) is 3. The van der Waals surface area contributed by atoms with Crippen LogP contribution in [-0.2, 0) is 6.42 Å². The van der Waals surface area contributed by atoms with Gasteiger partial charge in [-0.1, -0.05) is 5.16 Å². The summed E-state index contributed by atoms with van der Waals surface area (Å²) in [5.74, 6) is 0.546. The van der Waals surface area contributed by atoms with Crippen molar-refractivity contribution in [1.29, 1.82) is 0 Å². The van der Waals surface area contributed by atoms with Crippen molar-refractivity contribution in [3.63, 3.8) is 0 Å². The Kier molecular flexibility index (Phi) is 3.24. The summed E-state index contributed by atoms with van der Waals surface area (Å²) in [6, 6.07) is 4.39. The highest BCUT2D eigenvalue weighted by molar-refractivity contribution is 5.59. The second-order valence-electron chi connectivity index (χ2n) is 3.57. The van der Waals surface area contributed by atoms with Gasteiger partial charge in [-0.05, 0) is 25.2 Å². The Labute approximate surface area is 97.9 Å². The van der Waals surface area contributed by atoms with Crippen LogP contribution in [0.4, 0.5) is 0 Å². The van der Waals surface area contributed by atoms with Gasteiger partial charge in [0, 0.05) is 18.5 Å². The van der Waals surface area contributed by atoms with Crippen LogP contribution in [0, 0.1) is 0 Å². The number of rotatable bonds is 4. The Morgan fingerprint density at radius 3 is 2.82 bits per heavy atom. The van der Waals surface area contributed by atoms with Crippen molar-refractivity contribution in [1.82, 2.24) is 15.5 Å². The average molecular weight is 235 g/mol. The summed E-state index contributed by atoms with van der Waals surface area (Å²) in [4.78, 5) is 4.18.